The van der Waals surface area contributed by atoms with E-state index in [1.165, 1.54) is 6.42 Å². The second kappa shape index (κ2) is 12.1. The summed E-state index contributed by atoms with van der Waals surface area (Å²) in [5.74, 6) is 1.12. The molecule has 2 aromatic rings. The lowest BCUT2D eigenvalue weighted by Crippen LogP contribution is -2.49. The lowest BCUT2D eigenvalue weighted by Gasteiger charge is -2.35. The highest BCUT2D eigenvalue weighted by atomic mass is 35.5. The van der Waals surface area contributed by atoms with Gasteiger partial charge in [0.25, 0.3) is 0 Å². The number of rotatable bonds is 8. The normalized spacial score (nSPS) is 18.4. The fourth-order valence-corrected chi connectivity index (χ4v) is 4.93. The molecule has 1 saturated heterocycles. The van der Waals surface area contributed by atoms with Gasteiger partial charge in [0.15, 0.2) is 0 Å². The van der Waals surface area contributed by atoms with Crippen LogP contribution in [0.1, 0.15) is 37.7 Å². The Morgan fingerprint density at radius 2 is 1.85 bits per heavy atom. The predicted octanol–water partition coefficient (Wildman–Crippen LogP) is 5.05. The quantitative estimate of drug-likeness (QED) is 0.517. The monoisotopic (exact) mass is 490 g/mol. The van der Waals surface area contributed by atoms with Crippen LogP contribution in [0.4, 0.5) is 5.82 Å². The number of hydrogen-bond donors (Lipinski definition) is 0. The Labute approximate surface area is 206 Å². The van der Waals surface area contributed by atoms with Gasteiger partial charge in [-0.25, -0.2) is 4.98 Å². The predicted molar refractivity (Wildman–Crippen MR) is 132 cm³/mol. The number of benzene rings is 1. The molecule has 0 spiro atoms. The van der Waals surface area contributed by atoms with Crippen LogP contribution in [0.5, 0.6) is 0 Å². The molecule has 1 aliphatic heterocycles. The van der Waals surface area contributed by atoms with Crippen LogP contribution in [0.2, 0.25) is 10.0 Å². The molecular weight excluding hydrogens is 459 g/mol. The van der Waals surface area contributed by atoms with Crippen LogP contribution in [-0.2, 0) is 16.2 Å². The van der Waals surface area contributed by atoms with E-state index in [1.807, 2.05) is 34.2 Å². The summed E-state index contributed by atoms with van der Waals surface area (Å²) >= 11 is 12.3. The molecule has 0 radical (unpaired) electrons. The highest BCUT2D eigenvalue weighted by molar-refractivity contribution is 6.33. The molecule has 1 aromatic heterocycles. The fraction of sp³-hybridized carbons (Fsp3) is 0.520. The Morgan fingerprint density at radius 3 is 2.58 bits per heavy atom. The van der Waals surface area contributed by atoms with Gasteiger partial charge in [-0.1, -0.05) is 48.5 Å². The first-order valence-electron chi connectivity index (χ1n) is 11.9. The molecule has 0 bridgehead atoms. The topological polar surface area (TPSA) is 48.9 Å². The van der Waals surface area contributed by atoms with Crippen molar-refractivity contribution in [1.82, 2.24) is 14.9 Å². The van der Waals surface area contributed by atoms with E-state index in [0.29, 0.717) is 23.2 Å². The van der Waals surface area contributed by atoms with Crippen LogP contribution in [0.3, 0.4) is 0 Å². The largest absolute Gasteiger partial charge is 0.299 e. The third-order valence-electron chi connectivity index (χ3n) is 6.53. The molecule has 1 saturated carbocycles. The van der Waals surface area contributed by atoms with Gasteiger partial charge in [0.2, 0.25) is 5.91 Å². The third-order valence-corrected chi connectivity index (χ3v) is 7.13. The first kappa shape index (κ1) is 24.4. The van der Waals surface area contributed by atoms with Crippen molar-refractivity contribution in [3.8, 4) is 0 Å². The minimum atomic E-state index is 0.129. The van der Waals surface area contributed by atoms with Gasteiger partial charge in [-0.05, 0) is 48.7 Å². The van der Waals surface area contributed by atoms with Gasteiger partial charge in [0, 0.05) is 61.4 Å². The van der Waals surface area contributed by atoms with Crippen molar-refractivity contribution in [2.24, 2.45) is 5.92 Å². The minimum Gasteiger partial charge on any atom is -0.299 e. The number of halogens is 2. The van der Waals surface area contributed by atoms with Gasteiger partial charge in [0.05, 0.1) is 6.61 Å². The fourth-order valence-electron chi connectivity index (χ4n) is 4.56. The summed E-state index contributed by atoms with van der Waals surface area (Å²) in [6, 6.07) is 11.2. The molecule has 1 aromatic carbocycles. The number of carbonyl (C=O) groups is 1. The molecule has 1 aliphatic carbocycles. The standard InChI is InChI=1S/C25H32Cl2N4O2/c26-22-9-10-23(27)21(18-22)19-33-30-15-12-29(13-16-30)14-17-31(24-8-4-5-11-28-24)25(32)20-6-2-1-3-7-20/h4-5,8-11,18,20H,1-3,6-7,12-17,19H2. The lowest BCUT2D eigenvalue weighted by molar-refractivity contribution is -0.186. The molecule has 0 unspecified atom stereocenters. The molecule has 2 fully saturated rings. The third kappa shape index (κ3) is 6.90. The Bertz CT molecular complexity index is 901. The van der Waals surface area contributed by atoms with Crippen molar-refractivity contribution < 1.29 is 9.63 Å². The van der Waals surface area contributed by atoms with Gasteiger partial charge >= 0.3 is 0 Å². The van der Waals surface area contributed by atoms with Crippen molar-refractivity contribution >= 4 is 34.9 Å². The summed E-state index contributed by atoms with van der Waals surface area (Å²) in [5, 5.41) is 3.30. The number of amides is 1. The van der Waals surface area contributed by atoms with Crippen molar-refractivity contribution in [3.63, 3.8) is 0 Å². The molecule has 2 aliphatic rings. The summed E-state index contributed by atoms with van der Waals surface area (Å²) in [6.45, 7) is 5.27. The Kier molecular flexibility index (Phi) is 8.98. The van der Waals surface area contributed by atoms with Gasteiger partial charge in [-0.3, -0.25) is 19.4 Å². The number of piperazine rings is 1. The number of pyridine rings is 1. The molecule has 4 rings (SSSR count). The smallest absolute Gasteiger partial charge is 0.231 e. The molecule has 2 heterocycles. The Morgan fingerprint density at radius 1 is 1.06 bits per heavy atom. The van der Waals surface area contributed by atoms with E-state index in [0.717, 1.165) is 69.8 Å². The lowest BCUT2D eigenvalue weighted by atomic mass is 9.88. The summed E-state index contributed by atoms with van der Waals surface area (Å²) in [7, 11) is 0. The summed E-state index contributed by atoms with van der Waals surface area (Å²) in [4.78, 5) is 28.0. The molecule has 178 valence electrons. The summed E-state index contributed by atoms with van der Waals surface area (Å²) < 4.78 is 0. The van der Waals surface area contributed by atoms with Crippen molar-refractivity contribution in [2.45, 2.75) is 38.7 Å². The number of carbonyl (C=O) groups excluding carboxylic acids is 1. The highest BCUT2D eigenvalue weighted by Crippen LogP contribution is 2.27. The van der Waals surface area contributed by atoms with E-state index in [-0.39, 0.29) is 11.8 Å². The Balaban J connectivity index is 1.27. The minimum absolute atomic E-state index is 0.129. The van der Waals surface area contributed by atoms with Gasteiger partial charge in [-0.2, -0.15) is 5.06 Å². The first-order chi connectivity index (χ1) is 16.1. The molecular formula is C25H32Cl2N4O2. The van der Waals surface area contributed by atoms with Crippen molar-refractivity contribution in [3.05, 3.63) is 58.2 Å². The van der Waals surface area contributed by atoms with Crippen molar-refractivity contribution in [1.29, 1.82) is 0 Å². The molecule has 33 heavy (non-hydrogen) atoms. The van der Waals surface area contributed by atoms with E-state index in [4.69, 9.17) is 28.0 Å². The van der Waals surface area contributed by atoms with E-state index < -0.39 is 0 Å². The molecule has 1 amide bonds. The SMILES string of the molecule is O=C(C1CCCCC1)N(CCN1CCN(OCc2cc(Cl)ccc2Cl)CC1)c1ccccn1. The van der Waals surface area contributed by atoms with E-state index in [9.17, 15) is 4.79 Å². The summed E-state index contributed by atoms with van der Waals surface area (Å²) in [6.07, 6.45) is 7.29. The van der Waals surface area contributed by atoms with Gasteiger partial charge in [0.1, 0.15) is 5.82 Å². The van der Waals surface area contributed by atoms with Crippen LogP contribution in [0.25, 0.3) is 0 Å². The first-order valence-corrected chi connectivity index (χ1v) is 12.6. The van der Waals surface area contributed by atoms with Crippen LogP contribution < -0.4 is 4.90 Å². The average molecular weight is 491 g/mol. The van der Waals surface area contributed by atoms with E-state index in [1.54, 1.807) is 18.3 Å². The highest BCUT2D eigenvalue weighted by Gasteiger charge is 2.28. The zero-order valence-corrected chi connectivity index (χ0v) is 20.5. The Hall–Kier alpha value is -1.70. The maximum absolute atomic E-state index is 13.3. The maximum atomic E-state index is 13.3. The summed E-state index contributed by atoms with van der Waals surface area (Å²) in [5.41, 5.74) is 0.888. The van der Waals surface area contributed by atoms with Gasteiger partial charge in [-0.15, -0.1) is 0 Å². The molecule has 0 atom stereocenters. The van der Waals surface area contributed by atoms with Crippen molar-refractivity contribution in [2.75, 3.05) is 44.2 Å². The zero-order chi connectivity index (χ0) is 23.0. The molecule has 8 heteroatoms. The number of nitrogens with zero attached hydrogens (tertiary/aromatic N) is 4. The number of aromatic nitrogens is 1. The average Bonchev–Trinajstić information content (AvgIpc) is 2.86. The number of anilines is 1. The number of hydroxylamine groups is 2. The van der Waals surface area contributed by atoms with Crippen LogP contribution in [0, 0.1) is 5.92 Å². The number of hydrogen-bond acceptors (Lipinski definition) is 5. The second-order valence-electron chi connectivity index (χ2n) is 8.79. The van der Waals surface area contributed by atoms with Crippen LogP contribution >= 0.6 is 23.2 Å². The zero-order valence-electron chi connectivity index (χ0n) is 19.0. The van der Waals surface area contributed by atoms with E-state index >= 15 is 0 Å². The van der Waals surface area contributed by atoms with Gasteiger partial charge < -0.3 is 0 Å². The molecule has 0 N–H and O–H groups in total. The second-order valence-corrected chi connectivity index (χ2v) is 9.64. The maximum Gasteiger partial charge on any atom is 0.231 e. The van der Waals surface area contributed by atoms with E-state index in [2.05, 4.69) is 9.88 Å². The van der Waals surface area contributed by atoms with Crippen LogP contribution in [0.15, 0.2) is 42.6 Å². The molecule has 6 nitrogen and oxygen atoms in total. The van der Waals surface area contributed by atoms with Crippen LogP contribution in [-0.4, -0.2) is 60.1 Å².